The summed E-state index contributed by atoms with van der Waals surface area (Å²) in [5.74, 6) is 0. The number of hydrogen-bond donors (Lipinski definition) is 0. The molecule has 0 saturated carbocycles. The molecule has 0 N–H and O–H groups in total. The largest absolute Gasteiger partial charge is 0.411 e. The Morgan fingerprint density at radius 1 is 0.917 bits per heavy atom. The molecule has 0 radical (unpaired) electrons. The summed E-state index contributed by atoms with van der Waals surface area (Å²) in [7, 11) is 5.95. The maximum absolute atomic E-state index is 4.33. The van der Waals surface area contributed by atoms with Crippen molar-refractivity contribution in [2.75, 3.05) is 0 Å². The third-order valence-corrected chi connectivity index (χ3v) is 5.29. The molecule has 0 aliphatic rings. The first kappa shape index (κ1) is 14.8. The van der Waals surface area contributed by atoms with E-state index in [0.29, 0.717) is 0 Å². The lowest BCUT2D eigenvalue weighted by Gasteiger charge is -1.91. The van der Waals surface area contributed by atoms with E-state index in [0.717, 1.165) is 27.3 Å². The monoisotopic (exact) mass is 337 g/mol. The Morgan fingerprint density at radius 2 is 1.54 bits per heavy atom. The molecule has 24 heavy (non-hydrogen) atoms. The van der Waals surface area contributed by atoms with Gasteiger partial charge in [0.25, 0.3) is 0 Å². The van der Waals surface area contributed by atoms with Crippen molar-refractivity contribution in [2.45, 2.75) is 0 Å². The first-order valence-corrected chi connectivity index (χ1v) is 8.41. The summed E-state index contributed by atoms with van der Waals surface area (Å²) >= 11 is 1.60. The number of rotatable bonds is 2. The van der Waals surface area contributed by atoms with E-state index in [2.05, 4.69) is 39.7 Å². The predicted molar refractivity (Wildman–Crippen MR) is 95.0 cm³/mol. The lowest BCUT2D eigenvalue weighted by molar-refractivity contribution is -0.627. The van der Waals surface area contributed by atoms with E-state index >= 15 is 0 Å². The summed E-state index contributed by atoms with van der Waals surface area (Å²) in [6, 6.07) is 16.4. The number of thiazole rings is 1. The van der Waals surface area contributed by atoms with Crippen molar-refractivity contribution in [3.05, 3.63) is 54.1 Å². The van der Waals surface area contributed by atoms with Crippen molar-refractivity contribution in [1.29, 1.82) is 0 Å². The maximum Gasteiger partial charge on any atom is 0.411 e. The molecule has 4 rings (SSSR count). The van der Waals surface area contributed by atoms with Gasteiger partial charge in [0.1, 0.15) is 10.6 Å². The molecule has 0 amide bonds. The zero-order valence-electron chi connectivity index (χ0n) is 13.7. The Labute approximate surface area is 142 Å². The quantitative estimate of drug-likeness (QED) is 0.306. The molecule has 2 heterocycles. The van der Waals surface area contributed by atoms with Crippen LogP contribution in [-0.4, -0.2) is 9.13 Å². The van der Waals surface area contributed by atoms with Crippen molar-refractivity contribution in [3.8, 4) is 0 Å². The molecule has 0 fully saturated rings. The van der Waals surface area contributed by atoms with Crippen LogP contribution < -0.4 is 10.2 Å². The Kier molecular flexibility index (Phi) is 3.50. The van der Waals surface area contributed by atoms with Crippen LogP contribution in [0.15, 0.2) is 64.0 Å². The minimum absolute atomic E-state index is 0.753. The Hall–Kier alpha value is -2.80. The van der Waals surface area contributed by atoms with Crippen LogP contribution in [0.5, 0.6) is 0 Å². The van der Waals surface area contributed by atoms with Gasteiger partial charge in [-0.15, -0.1) is 0 Å². The molecule has 0 atom stereocenters. The zero-order valence-corrected chi connectivity index (χ0v) is 14.5. The van der Waals surface area contributed by atoms with Gasteiger partial charge in [-0.1, -0.05) is 29.4 Å². The smallest absolute Gasteiger partial charge is 0.312 e. The van der Waals surface area contributed by atoms with E-state index in [-0.39, 0.29) is 0 Å². The molecule has 6 nitrogen and oxygen atoms in total. The van der Waals surface area contributed by atoms with Crippen LogP contribution in [0.4, 0.5) is 5.13 Å². The Balaban J connectivity index is 1.79. The normalized spacial score (nSPS) is 11.8. The zero-order chi connectivity index (χ0) is 16.7. The summed E-state index contributed by atoms with van der Waals surface area (Å²) < 4.78 is 7.24. The number of hydrogen-bond acceptors (Lipinski definition) is 3. The summed E-state index contributed by atoms with van der Waals surface area (Å²) in [5.41, 5.74) is 4.12. The van der Waals surface area contributed by atoms with Gasteiger partial charge in [-0.3, -0.25) is 0 Å². The molecular formula is C17H17N6S+. The van der Waals surface area contributed by atoms with Gasteiger partial charge in [-0.25, -0.2) is 4.57 Å². The van der Waals surface area contributed by atoms with Crippen LogP contribution in [0.25, 0.3) is 21.3 Å². The highest BCUT2D eigenvalue weighted by molar-refractivity contribution is 7.21. The first-order chi connectivity index (χ1) is 11.7. The molecular weight excluding hydrogens is 320 g/mol. The SMILES string of the molecule is Cn1c(=NN=Nc2sc3ccccc3[n+]2C)n(C)c2ccccc21. The standard InChI is InChI=1S/C17H17N6S/c1-21-12-8-4-5-9-13(12)22(2)16(21)18-20-19-17-23(3)14-10-6-7-11-15(14)24-17/h4-11H,1-3H3/q+1. The molecule has 7 heteroatoms. The van der Waals surface area contributed by atoms with Crippen molar-refractivity contribution >= 4 is 37.7 Å². The molecule has 0 spiro atoms. The van der Waals surface area contributed by atoms with Gasteiger partial charge >= 0.3 is 5.13 Å². The number of nitrogens with zero attached hydrogens (tertiary/aromatic N) is 6. The fourth-order valence-corrected chi connectivity index (χ4v) is 3.85. The molecule has 120 valence electrons. The van der Waals surface area contributed by atoms with Crippen LogP contribution in [0.3, 0.4) is 0 Å². The minimum Gasteiger partial charge on any atom is -0.312 e. The van der Waals surface area contributed by atoms with E-state index in [4.69, 9.17) is 0 Å². The molecule has 0 unspecified atom stereocenters. The van der Waals surface area contributed by atoms with Crippen LogP contribution in [0.2, 0.25) is 0 Å². The number of aryl methyl sites for hydroxylation is 3. The van der Waals surface area contributed by atoms with Gasteiger partial charge in [0, 0.05) is 14.1 Å². The van der Waals surface area contributed by atoms with Gasteiger partial charge in [-0.2, -0.15) is 0 Å². The van der Waals surface area contributed by atoms with E-state index in [1.807, 2.05) is 59.1 Å². The van der Waals surface area contributed by atoms with Crippen molar-refractivity contribution in [2.24, 2.45) is 36.6 Å². The van der Waals surface area contributed by atoms with Crippen LogP contribution in [-0.2, 0) is 21.1 Å². The first-order valence-electron chi connectivity index (χ1n) is 7.59. The highest BCUT2D eigenvalue weighted by Gasteiger charge is 2.15. The van der Waals surface area contributed by atoms with Crippen LogP contribution in [0, 0.1) is 0 Å². The summed E-state index contributed by atoms with van der Waals surface area (Å²) in [6.45, 7) is 0. The maximum atomic E-state index is 4.33. The van der Waals surface area contributed by atoms with E-state index in [1.165, 1.54) is 4.70 Å². The van der Waals surface area contributed by atoms with Gasteiger partial charge in [0.15, 0.2) is 0 Å². The average molecular weight is 337 g/mol. The lowest BCUT2D eigenvalue weighted by Crippen LogP contribution is -2.25. The number of para-hydroxylation sites is 3. The minimum atomic E-state index is 0.753. The second-order valence-electron chi connectivity index (χ2n) is 5.61. The van der Waals surface area contributed by atoms with Crippen molar-refractivity contribution in [3.63, 3.8) is 0 Å². The summed E-state index contributed by atoms with van der Waals surface area (Å²) in [5, 5.41) is 13.5. The van der Waals surface area contributed by atoms with E-state index in [1.54, 1.807) is 11.3 Å². The Morgan fingerprint density at radius 3 is 2.21 bits per heavy atom. The molecule has 0 aliphatic carbocycles. The molecule has 0 aliphatic heterocycles. The number of benzene rings is 2. The number of imidazole rings is 1. The number of aromatic nitrogens is 3. The fourth-order valence-electron chi connectivity index (χ4n) is 2.88. The molecule has 0 bridgehead atoms. The van der Waals surface area contributed by atoms with Gasteiger partial charge in [-0.05, 0) is 35.6 Å². The van der Waals surface area contributed by atoms with E-state index < -0.39 is 0 Å². The molecule has 2 aromatic carbocycles. The second kappa shape index (κ2) is 5.68. The van der Waals surface area contributed by atoms with Crippen molar-refractivity contribution < 1.29 is 4.57 Å². The topological polar surface area (TPSA) is 50.8 Å². The second-order valence-corrected chi connectivity index (χ2v) is 6.62. The molecule has 0 saturated heterocycles. The summed E-state index contributed by atoms with van der Waals surface area (Å²) in [4.78, 5) is 0. The van der Waals surface area contributed by atoms with Gasteiger partial charge in [0.2, 0.25) is 5.62 Å². The third kappa shape index (κ3) is 2.25. The summed E-state index contributed by atoms with van der Waals surface area (Å²) in [6.07, 6.45) is 0. The van der Waals surface area contributed by atoms with Crippen LogP contribution in [0.1, 0.15) is 0 Å². The lowest BCUT2D eigenvalue weighted by atomic mass is 10.3. The fraction of sp³-hybridized carbons (Fsp3) is 0.176. The van der Waals surface area contributed by atoms with Crippen LogP contribution >= 0.6 is 11.3 Å². The predicted octanol–water partition coefficient (Wildman–Crippen LogP) is 3.16. The van der Waals surface area contributed by atoms with Gasteiger partial charge < -0.3 is 9.13 Å². The Bertz CT molecular complexity index is 1100. The highest BCUT2D eigenvalue weighted by Crippen LogP contribution is 2.25. The molecule has 4 aromatic rings. The molecule has 2 aromatic heterocycles. The van der Waals surface area contributed by atoms with E-state index in [9.17, 15) is 0 Å². The average Bonchev–Trinajstić information content (AvgIpc) is 3.05. The van der Waals surface area contributed by atoms with Gasteiger partial charge in [0.05, 0.1) is 28.0 Å². The van der Waals surface area contributed by atoms with Crippen molar-refractivity contribution in [1.82, 2.24) is 9.13 Å². The number of fused-ring (bicyclic) bond motifs is 2. The third-order valence-electron chi connectivity index (χ3n) is 4.18. The highest BCUT2D eigenvalue weighted by atomic mass is 32.1.